The van der Waals surface area contributed by atoms with E-state index in [1.807, 2.05) is 0 Å². The zero-order chi connectivity index (χ0) is 23.8. The first-order valence-corrected chi connectivity index (χ1v) is 11.1. The summed E-state index contributed by atoms with van der Waals surface area (Å²) in [5, 5.41) is 17.4. The van der Waals surface area contributed by atoms with Crippen LogP contribution in [0.1, 0.15) is 42.6 Å². The predicted molar refractivity (Wildman–Crippen MR) is 126 cm³/mol. The van der Waals surface area contributed by atoms with Gasteiger partial charge in [0.2, 0.25) is 5.91 Å². The minimum atomic E-state index is -0.973. The van der Waals surface area contributed by atoms with Gasteiger partial charge in [0, 0.05) is 44.9 Å². The van der Waals surface area contributed by atoms with E-state index in [2.05, 4.69) is 20.3 Å². The summed E-state index contributed by atoms with van der Waals surface area (Å²) in [5.41, 5.74) is 0.835. The molecule has 0 bridgehead atoms. The molecule has 9 nitrogen and oxygen atoms in total. The molecule has 1 fully saturated rings. The number of aliphatic hydroxyl groups is 1. The summed E-state index contributed by atoms with van der Waals surface area (Å²) in [6.45, 7) is 4.78. The van der Waals surface area contributed by atoms with E-state index >= 15 is 0 Å². The maximum atomic E-state index is 12.9. The van der Waals surface area contributed by atoms with Crippen LogP contribution in [0.5, 0.6) is 0 Å². The zero-order valence-corrected chi connectivity index (χ0v) is 19.4. The van der Waals surface area contributed by atoms with Crippen LogP contribution in [0, 0.1) is 5.92 Å². The number of rotatable bonds is 5. The molecule has 1 saturated heterocycles. The van der Waals surface area contributed by atoms with Crippen molar-refractivity contribution in [2.75, 3.05) is 37.4 Å². The van der Waals surface area contributed by atoms with E-state index in [0.717, 1.165) is 30.8 Å². The third kappa shape index (κ3) is 4.83. The number of carbonyl (C=O) groups excluding carboxylic acids is 2. The number of fused-ring (bicyclic) bond motifs is 1. The molecule has 2 aromatic heterocycles. The van der Waals surface area contributed by atoms with Crippen LogP contribution in [-0.2, 0) is 10.4 Å². The molecule has 1 aromatic carbocycles. The molecule has 2 amide bonds. The maximum absolute atomic E-state index is 12.9. The average molecular weight is 451 g/mol. The number of nitrogens with one attached hydrogen (secondary N) is 1. The summed E-state index contributed by atoms with van der Waals surface area (Å²) in [6.07, 6.45) is 3.41. The lowest BCUT2D eigenvalue weighted by molar-refractivity contribution is -0.133. The Kier molecular flexibility index (Phi) is 6.07. The number of hydrogen-bond acceptors (Lipinski definition) is 6. The Hall–Kier alpha value is -3.46. The van der Waals surface area contributed by atoms with Crippen molar-refractivity contribution < 1.29 is 14.7 Å². The second-order valence-corrected chi connectivity index (χ2v) is 9.21. The summed E-state index contributed by atoms with van der Waals surface area (Å²) < 4.78 is 1.73. The van der Waals surface area contributed by atoms with E-state index in [9.17, 15) is 14.7 Å². The second-order valence-electron chi connectivity index (χ2n) is 9.21. The summed E-state index contributed by atoms with van der Waals surface area (Å²) in [6, 6.07) is 10.4. The fourth-order valence-corrected chi connectivity index (χ4v) is 4.16. The molecule has 33 heavy (non-hydrogen) atoms. The van der Waals surface area contributed by atoms with Crippen LogP contribution in [0.3, 0.4) is 0 Å². The van der Waals surface area contributed by atoms with Crippen molar-refractivity contribution >= 4 is 29.1 Å². The fraction of sp³-hybridized carbons (Fsp3) is 0.417. The quantitative estimate of drug-likeness (QED) is 0.619. The van der Waals surface area contributed by atoms with Crippen molar-refractivity contribution in [3.63, 3.8) is 0 Å². The molecule has 1 aliphatic heterocycles. The smallest absolute Gasteiger partial charge is 0.256 e. The number of aromatic nitrogens is 3. The molecule has 1 unspecified atom stereocenters. The van der Waals surface area contributed by atoms with Crippen molar-refractivity contribution in [3.8, 4) is 0 Å². The van der Waals surface area contributed by atoms with Crippen LogP contribution < -0.4 is 10.2 Å². The zero-order valence-electron chi connectivity index (χ0n) is 19.4. The molecule has 9 heteroatoms. The van der Waals surface area contributed by atoms with E-state index in [0.29, 0.717) is 23.6 Å². The van der Waals surface area contributed by atoms with Gasteiger partial charge in [0.15, 0.2) is 5.65 Å². The average Bonchev–Trinajstić information content (AvgIpc) is 3.26. The number of anilines is 2. The Labute approximate surface area is 193 Å². The topological polar surface area (TPSA) is 103 Å². The number of hydrogen-bond donors (Lipinski definition) is 2. The first-order chi connectivity index (χ1) is 15.6. The lowest BCUT2D eigenvalue weighted by atomic mass is 9.97. The van der Waals surface area contributed by atoms with Gasteiger partial charge in [0.05, 0.1) is 17.7 Å². The van der Waals surface area contributed by atoms with Crippen molar-refractivity contribution in [2.45, 2.75) is 32.3 Å². The van der Waals surface area contributed by atoms with Crippen LogP contribution in [0.15, 0.2) is 42.6 Å². The molecule has 3 aromatic rings. The van der Waals surface area contributed by atoms with Gasteiger partial charge in [-0.1, -0.05) is 12.1 Å². The molecule has 1 aliphatic rings. The van der Waals surface area contributed by atoms with Gasteiger partial charge in [-0.25, -0.2) is 4.98 Å². The van der Waals surface area contributed by atoms with E-state index in [-0.39, 0.29) is 17.7 Å². The minimum absolute atomic E-state index is 0.0835. The lowest BCUT2D eigenvalue weighted by Crippen LogP contribution is -2.43. The van der Waals surface area contributed by atoms with E-state index < -0.39 is 5.60 Å². The van der Waals surface area contributed by atoms with Gasteiger partial charge in [0.25, 0.3) is 5.91 Å². The van der Waals surface area contributed by atoms with Crippen LogP contribution >= 0.6 is 0 Å². The number of benzene rings is 1. The standard InChI is InChI=1S/C24H30N6O3/c1-24(2,33)18-9-7-16(8-10-18)22(31)27-19-14-21(30-20(26-19)11-12-25-30)29-13-5-6-17(15-29)23(32)28(3)4/h7-12,14,17,33H,5-6,13,15H2,1-4H3,(H,26,27,31). The Bertz CT molecular complexity index is 1160. The van der Waals surface area contributed by atoms with Crippen LogP contribution in [0.2, 0.25) is 0 Å². The van der Waals surface area contributed by atoms with Gasteiger partial charge in [-0.2, -0.15) is 9.61 Å². The monoisotopic (exact) mass is 450 g/mol. The molecular weight excluding hydrogens is 420 g/mol. The normalized spacial score (nSPS) is 16.6. The highest BCUT2D eigenvalue weighted by Crippen LogP contribution is 2.27. The third-order valence-corrected chi connectivity index (χ3v) is 5.97. The highest BCUT2D eigenvalue weighted by atomic mass is 16.3. The van der Waals surface area contributed by atoms with Gasteiger partial charge in [0.1, 0.15) is 11.6 Å². The first-order valence-electron chi connectivity index (χ1n) is 11.1. The Balaban J connectivity index is 1.59. The fourth-order valence-electron chi connectivity index (χ4n) is 4.16. The first kappa shape index (κ1) is 22.7. The van der Waals surface area contributed by atoms with E-state index in [1.165, 1.54) is 0 Å². The highest BCUT2D eigenvalue weighted by Gasteiger charge is 2.28. The van der Waals surface area contributed by atoms with E-state index in [1.54, 1.807) is 80.0 Å². The molecule has 0 aliphatic carbocycles. The SMILES string of the molecule is CN(C)C(=O)C1CCCN(c2cc(NC(=O)c3ccc(C(C)(C)O)cc3)nc3ccnn23)C1. The number of amides is 2. The van der Waals surface area contributed by atoms with Crippen LogP contribution in [-0.4, -0.2) is 63.6 Å². The number of piperidine rings is 1. The Morgan fingerprint density at radius 2 is 1.91 bits per heavy atom. The molecule has 0 saturated carbocycles. The highest BCUT2D eigenvalue weighted by molar-refractivity contribution is 6.04. The molecular formula is C24H30N6O3. The molecule has 0 spiro atoms. The molecule has 174 valence electrons. The van der Waals surface area contributed by atoms with Crippen molar-refractivity contribution in [1.82, 2.24) is 19.5 Å². The third-order valence-electron chi connectivity index (χ3n) is 5.97. The molecule has 0 radical (unpaired) electrons. The summed E-state index contributed by atoms with van der Waals surface area (Å²) in [7, 11) is 3.56. The molecule has 4 rings (SSSR count). The van der Waals surface area contributed by atoms with Crippen molar-refractivity contribution in [1.29, 1.82) is 0 Å². The Morgan fingerprint density at radius 3 is 2.58 bits per heavy atom. The molecule has 1 atom stereocenters. The van der Waals surface area contributed by atoms with Crippen molar-refractivity contribution in [3.05, 3.63) is 53.7 Å². The van der Waals surface area contributed by atoms with Crippen LogP contribution in [0.25, 0.3) is 5.65 Å². The predicted octanol–water partition coefficient (Wildman–Crippen LogP) is 2.51. The molecule has 2 N–H and O–H groups in total. The largest absolute Gasteiger partial charge is 0.386 e. The van der Waals surface area contributed by atoms with Gasteiger partial charge >= 0.3 is 0 Å². The van der Waals surface area contributed by atoms with Crippen LogP contribution in [0.4, 0.5) is 11.6 Å². The van der Waals surface area contributed by atoms with Gasteiger partial charge in [-0.15, -0.1) is 0 Å². The molecule has 3 heterocycles. The van der Waals surface area contributed by atoms with Gasteiger partial charge in [-0.05, 0) is 44.4 Å². The number of carbonyl (C=O) groups is 2. The maximum Gasteiger partial charge on any atom is 0.256 e. The van der Waals surface area contributed by atoms with Gasteiger partial charge < -0.3 is 20.2 Å². The van der Waals surface area contributed by atoms with Gasteiger partial charge in [-0.3, -0.25) is 9.59 Å². The second kappa shape index (κ2) is 8.82. The summed E-state index contributed by atoms with van der Waals surface area (Å²) in [4.78, 5) is 33.7. The number of nitrogens with zero attached hydrogens (tertiary/aromatic N) is 5. The summed E-state index contributed by atoms with van der Waals surface area (Å²) in [5.74, 6) is 0.942. The minimum Gasteiger partial charge on any atom is -0.386 e. The van der Waals surface area contributed by atoms with Crippen molar-refractivity contribution in [2.24, 2.45) is 5.92 Å². The van der Waals surface area contributed by atoms with E-state index in [4.69, 9.17) is 0 Å². The Morgan fingerprint density at radius 1 is 1.18 bits per heavy atom. The summed E-state index contributed by atoms with van der Waals surface area (Å²) >= 11 is 0. The lowest BCUT2D eigenvalue weighted by Gasteiger charge is -2.34.